The van der Waals surface area contributed by atoms with Crippen molar-refractivity contribution in [3.05, 3.63) is 30.2 Å². The lowest BCUT2D eigenvalue weighted by atomic mass is 10.2. The molecule has 1 aromatic heterocycles. The van der Waals surface area contributed by atoms with Crippen molar-refractivity contribution >= 4 is 5.91 Å². The monoisotopic (exact) mass is 288 g/mol. The second kappa shape index (κ2) is 5.92. The minimum atomic E-state index is 0.0242. The molecule has 1 saturated heterocycles. The molecule has 7 heteroatoms. The molecule has 1 amide bonds. The number of carbonyl (C=O) groups is 1. The first-order valence-corrected chi connectivity index (χ1v) is 6.70. The van der Waals surface area contributed by atoms with Crippen LogP contribution in [0.1, 0.15) is 5.89 Å². The molecule has 0 bridgehead atoms. The Bertz CT molecular complexity index is 623. The van der Waals surface area contributed by atoms with Gasteiger partial charge >= 0.3 is 0 Å². The van der Waals surface area contributed by atoms with Gasteiger partial charge in [0.15, 0.2) is 0 Å². The van der Waals surface area contributed by atoms with Crippen LogP contribution in [0.25, 0.3) is 11.5 Å². The zero-order chi connectivity index (χ0) is 14.7. The number of ether oxygens (including phenoxy) is 1. The zero-order valence-corrected chi connectivity index (χ0v) is 11.7. The number of benzene rings is 1. The van der Waals surface area contributed by atoms with Crippen molar-refractivity contribution in [2.75, 3.05) is 26.7 Å². The molecular weight excluding hydrogens is 272 g/mol. The van der Waals surface area contributed by atoms with Gasteiger partial charge in [-0.1, -0.05) is 0 Å². The predicted molar refractivity (Wildman–Crippen MR) is 74.6 cm³/mol. The maximum atomic E-state index is 11.3. The molecule has 0 radical (unpaired) electrons. The molecule has 0 spiro atoms. The van der Waals surface area contributed by atoms with Crippen LogP contribution >= 0.6 is 0 Å². The van der Waals surface area contributed by atoms with Gasteiger partial charge in [0.25, 0.3) is 0 Å². The summed E-state index contributed by atoms with van der Waals surface area (Å²) in [6.07, 6.45) is 0. The van der Waals surface area contributed by atoms with Crippen LogP contribution in [0.2, 0.25) is 0 Å². The highest BCUT2D eigenvalue weighted by atomic mass is 16.5. The van der Waals surface area contributed by atoms with E-state index in [0.29, 0.717) is 31.4 Å². The zero-order valence-electron chi connectivity index (χ0n) is 11.7. The van der Waals surface area contributed by atoms with Gasteiger partial charge in [0.1, 0.15) is 5.75 Å². The summed E-state index contributed by atoms with van der Waals surface area (Å²) < 4.78 is 10.8. The van der Waals surface area contributed by atoms with Crippen LogP contribution in [0, 0.1) is 0 Å². The van der Waals surface area contributed by atoms with Crippen molar-refractivity contribution in [3.8, 4) is 17.2 Å². The first-order valence-electron chi connectivity index (χ1n) is 6.70. The predicted octanol–water partition coefficient (Wildman–Crippen LogP) is 0.677. The Kier molecular flexibility index (Phi) is 3.83. The molecule has 0 atom stereocenters. The largest absolute Gasteiger partial charge is 0.497 e. The molecule has 0 saturated carbocycles. The van der Waals surface area contributed by atoms with Crippen molar-refractivity contribution in [2.24, 2.45) is 0 Å². The van der Waals surface area contributed by atoms with E-state index in [-0.39, 0.29) is 5.91 Å². The summed E-state index contributed by atoms with van der Waals surface area (Å²) in [5, 5.41) is 10.9. The first kappa shape index (κ1) is 13.6. The van der Waals surface area contributed by atoms with Crippen molar-refractivity contribution < 1.29 is 13.9 Å². The lowest BCUT2D eigenvalue weighted by Gasteiger charge is -2.24. The Morgan fingerprint density at radius 2 is 2.14 bits per heavy atom. The van der Waals surface area contributed by atoms with E-state index < -0.39 is 0 Å². The molecule has 110 valence electrons. The quantitative estimate of drug-likeness (QED) is 0.891. The topological polar surface area (TPSA) is 80.5 Å². The number of methoxy groups -OCH3 is 1. The van der Waals surface area contributed by atoms with Gasteiger partial charge in [0, 0.05) is 18.7 Å². The third-order valence-corrected chi connectivity index (χ3v) is 3.28. The van der Waals surface area contributed by atoms with Gasteiger partial charge in [0.05, 0.1) is 20.2 Å². The van der Waals surface area contributed by atoms with Gasteiger partial charge in [-0.25, -0.2) is 0 Å². The summed E-state index contributed by atoms with van der Waals surface area (Å²) in [6, 6.07) is 7.41. The number of rotatable bonds is 4. The average molecular weight is 288 g/mol. The Balaban J connectivity index is 1.69. The molecule has 2 heterocycles. The van der Waals surface area contributed by atoms with Gasteiger partial charge in [-0.3, -0.25) is 9.69 Å². The number of piperazine rings is 1. The Morgan fingerprint density at radius 3 is 2.86 bits per heavy atom. The molecule has 1 aliphatic heterocycles. The van der Waals surface area contributed by atoms with Crippen LogP contribution < -0.4 is 10.1 Å². The lowest BCUT2D eigenvalue weighted by molar-refractivity contribution is -0.124. The summed E-state index contributed by atoms with van der Waals surface area (Å²) in [5.74, 6) is 1.78. The van der Waals surface area contributed by atoms with Gasteiger partial charge < -0.3 is 14.5 Å². The average Bonchev–Trinajstić information content (AvgIpc) is 2.96. The Morgan fingerprint density at radius 1 is 1.33 bits per heavy atom. The second-order valence-electron chi connectivity index (χ2n) is 4.79. The summed E-state index contributed by atoms with van der Waals surface area (Å²) in [5.41, 5.74) is 0.839. The molecule has 2 aromatic rings. The van der Waals surface area contributed by atoms with Crippen molar-refractivity contribution in [1.29, 1.82) is 0 Å². The molecule has 3 rings (SSSR count). The van der Waals surface area contributed by atoms with Crippen LogP contribution in [0.3, 0.4) is 0 Å². The third kappa shape index (κ3) is 3.19. The maximum absolute atomic E-state index is 11.3. The molecular formula is C14H16N4O3. The summed E-state index contributed by atoms with van der Waals surface area (Å²) in [6.45, 7) is 2.28. The van der Waals surface area contributed by atoms with Crippen LogP contribution in [0.5, 0.6) is 5.75 Å². The van der Waals surface area contributed by atoms with Gasteiger partial charge in [-0.05, 0) is 24.3 Å². The number of amides is 1. The number of nitrogens with zero attached hydrogens (tertiary/aromatic N) is 3. The molecule has 7 nitrogen and oxygen atoms in total. The fourth-order valence-corrected chi connectivity index (χ4v) is 2.19. The van der Waals surface area contributed by atoms with Crippen molar-refractivity contribution in [3.63, 3.8) is 0 Å². The number of aromatic nitrogens is 2. The SMILES string of the molecule is COc1ccc(-c2nnc(CN3CCNC(=O)C3)o2)cc1. The van der Waals surface area contributed by atoms with Gasteiger partial charge in [-0.2, -0.15) is 0 Å². The standard InChI is InChI=1S/C14H16N4O3/c1-20-11-4-2-10(3-5-11)14-17-16-13(21-14)9-18-7-6-15-12(19)8-18/h2-5H,6-9H2,1H3,(H,15,19). The van der Waals surface area contributed by atoms with Crippen LogP contribution in [-0.4, -0.2) is 47.7 Å². The van der Waals surface area contributed by atoms with E-state index >= 15 is 0 Å². The summed E-state index contributed by atoms with van der Waals surface area (Å²) in [7, 11) is 1.62. The fourth-order valence-electron chi connectivity index (χ4n) is 2.19. The molecule has 1 fully saturated rings. The Hall–Kier alpha value is -2.41. The highest BCUT2D eigenvalue weighted by molar-refractivity contribution is 5.78. The highest BCUT2D eigenvalue weighted by Gasteiger charge is 2.19. The summed E-state index contributed by atoms with van der Waals surface area (Å²) >= 11 is 0. The summed E-state index contributed by atoms with van der Waals surface area (Å²) in [4.78, 5) is 13.3. The second-order valence-corrected chi connectivity index (χ2v) is 4.79. The highest BCUT2D eigenvalue weighted by Crippen LogP contribution is 2.21. The van der Waals surface area contributed by atoms with E-state index in [2.05, 4.69) is 15.5 Å². The first-order chi connectivity index (χ1) is 10.2. The maximum Gasteiger partial charge on any atom is 0.247 e. The van der Waals surface area contributed by atoms with E-state index in [1.165, 1.54) is 0 Å². The Labute approximate surface area is 121 Å². The van der Waals surface area contributed by atoms with Crippen LogP contribution in [-0.2, 0) is 11.3 Å². The van der Waals surface area contributed by atoms with E-state index in [0.717, 1.165) is 17.9 Å². The van der Waals surface area contributed by atoms with Crippen LogP contribution in [0.4, 0.5) is 0 Å². The van der Waals surface area contributed by atoms with Crippen molar-refractivity contribution in [2.45, 2.75) is 6.54 Å². The lowest BCUT2D eigenvalue weighted by Crippen LogP contribution is -2.47. The van der Waals surface area contributed by atoms with Crippen LogP contribution in [0.15, 0.2) is 28.7 Å². The smallest absolute Gasteiger partial charge is 0.247 e. The third-order valence-electron chi connectivity index (χ3n) is 3.28. The minimum absolute atomic E-state index is 0.0242. The molecule has 1 N–H and O–H groups in total. The number of nitrogens with one attached hydrogen (secondary N) is 1. The van der Waals surface area contributed by atoms with E-state index in [1.54, 1.807) is 7.11 Å². The molecule has 21 heavy (non-hydrogen) atoms. The number of hydrogen-bond donors (Lipinski definition) is 1. The van der Waals surface area contributed by atoms with E-state index in [1.807, 2.05) is 29.2 Å². The number of carbonyl (C=O) groups excluding carboxylic acids is 1. The van der Waals surface area contributed by atoms with E-state index in [9.17, 15) is 4.79 Å². The fraction of sp³-hybridized carbons (Fsp3) is 0.357. The molecule has 0 aliphatic carbocycles. The molecule has 1 aromatic carbocycles. The number of hydrogen-bond acceptors (Lipinski definition) is 6. The van der Waals surface area contributed by atoms with E-state index in [4.69, 9.17) is 9.15 Å². The minimum Gasteiger partial charge on any atom is -0.497 e. The van der Waals surface area contributed by atoms with Crippen molar-refractivity contribution in [1.82, 2.24) is 20.4 Å². The van der Waals surface area contributed by atoms with Gasteiger partial charge in [-0.15, -0.1) is 10.2 Å². The normalized spacial score (nSPS) is 15.8. The van der Waals surface area contributed by atoms with Gasteiger partial charge in [0.2, 0.25) is 17.7 Å². The molecule has 0 unspecified atom stereocenters. The molecule has 1 aliphatic rings.